The van der Waals surface area contributed by atoms with Crippen LogP contribution in [-0.4, -0.2) is 18.7 Å². The van der Waals surface area contributed by atoms with Crippen molar-refractivity contribution >= 4 is 11.8 Å². The fourth-order valence-corrected chi connectivity index (χ4v) is 4.07. The van der Waals surface area contributed by atoms with E-state index in [0.29, 0.717) is 37.3 Å². The normalized spacial score (nSPS) is 17.2. The summed E-state index contributed by atoms with van der Waals surface area (Å²) >= 11 is 0. The summed E-state index contributed by atoms with van der Waals surface area (Å²) < 4.78 is 51.1. The second-order valence-electron chi connectivity index (χ2n) is 8.46. The van der Waals surface area contributed by atoms with Crippen molar-refractivity contribution in [2.24, 2.45) is 0 Å². The lowest BCUT2D eigenvalue weighted by Gasteiger charge is -2.34. The van der Waals surface area contributed by atoms with Gasteiger partial charge >= 0.3 is 12.3 Å². The molecule has 0 saturated heterocycles. The van der Waals surface area contributed by atoms with Gasteiger partial charge in [0.2, 0.25) is 0 Å². The molecule has 1 amide bonds. The molecule has 8 heteroatoms. The third-order valence-corrected chi connectivity index (χ3v) is 5.86. The molecule has 0 bridgehead atoms. The third-order valence-electron chi connectivity index (χ3n) is 5.86. The molecule has 2 atom stereocenters. The van der Waals surface area contributed by atoms with Crippen molar-refractivity contribution in [2.45, 2.75) is 44.3 Å². The molecule has 184 valence electrons. The van der Waals surface area contributed by atoms with Gasteiger partial charge in [-0.2, -0.15) is 13.2 Å². The first-order valence-corrected chi connectivity index (χ1v) is 11.4. The molecule has 35 heavy (non-hydrogen) atoms. The Bertz CT molecular complexity index is 1110. The number of rotatable bonds is 8. The molecule has 0 saturated carbocycles. The van der Waals surface area contributed by atoms with Gasteiger partial charge in [0.15, 0.2) is 0 Å². The number of alkyl carbamates (subject to hydrolysis) is 1. The Morgan fingerprint density at radius 2 is 1.60 bits per heavy atom. The van der Waals surface area contributed by atoms with E-state index in [0.717, 1.165) is 23.3 Å². The number of ether oxygens (including phenoxy) is 2. The highest BCUT2D eigenvalue weighted by Crippen LogP contribution is 2.38. The number of carbonyl (C=O) groups excluding carboxylic acids is 1. The van der Waals surface area contributed by atoms with Crippen molar-refractivity contribution in [1.82, 2.24) is 5.32 Å². The van der Waals surface area contributed by atoms with Gasteiger partial charge in [-0.3, -0.25) is 0 Å². The molecule has 1 heterocycles. The minimum atomic E-state index is -4.48. The van der Waals surface area contributed by atoms with Crippen molar-refractivity contribution in [3.8, 4) is 0 Å². The minimum Gasteiger partial charge on any atom is -0.445 e. The van der Waals surface area contributed by atoms with Crippen LogP contribution in [0.3, 0.4) is 0 Å². The summed E-state index contributed by atoms with van der Waals surface area (Å²) in [6, 6.07) is 21.8. The third kappa shape index (κ3) is 6.99. The van der Waals surface area contributed by atoms with Crippen LogP contribution in [0.4, 0.5) is 23.7 Å². The predicted octanol–water partition coefficient (Wildman–Crippen LogP) is 6.46. The highest BCUT2D eigenvalue weighted by molar-refractivity contribution is 5.69. The van der Waals surface area contributed by atoms with Crippen LogP contribution in [0.5, 0.6) is 0 Å². The van der Waals surface area contributed by atoms with E-state index in [2.05, 4.69) is 10.6 Å². The number of alkyl halides is 3. The average molecular weight is 485 g/mol. The molecule has 0 spiro atoms. The number of anilines is 1. The van der Waals surface area contributed by atoms with Gasteiger partial charge in [-0.05, 0) is 47.7 Å². The SMILES string of the molecule is O=C(N[C@H]1C[C@@H](CCOCc2ccccc2)Nc2ccc(C(F)(F)F)cc21)OCc1ccccc1. The Morgan fingerprint density at radius 3 is 2.26 bits per heavy atom. The standard InChI is InChI=1S/C27H27F3N2O3/c28-27(29,30)21-11-12-24-23(15-21)25(32-26(33)35-18-20-9-5-2-6-10-20)16-22(31-24)13-14-34-17-19-7-3-1-4-8-19/h1-12,15,22,25,31H,13-14,16-18H2,(H,32,33)/t22-,25+/m1/s1. The zero-order chi connectivity index (χ0) is 24.7. The van der Waals surface area contributed by atoms with Crippen LogP contribution >= 0.6 is 0 Å². The van der Waals surface area contributed by atoms with Crippen LogP contribution in [0.1, 0.15) is 41.1 Å². The molecule has 1 aliphatic heterocycles. The smallest absolute Gasteiger partial charge is 0.416 e. The number of benzene rings is 3. The quantitative estimate of drug-likeness (QED) is 0.360. The summed E-state index contributed by atoms with van der Waals surface area (Å²) in [5.41, 5.74) is 2.08. The number of hydrogen-bond acceptors (Lipinski definition) is 4. The van der Waals surface area contributed by atoms with E-state index >= 15 is 0 Å². The second-order valence-corrected chi connectivity index (χ2v) is 8.46. The molecule has 1 aliphatic rings. The molecule has 3 aromatic carbocycles. The van der Waals surface area contributed by atoms with Gasteiger partial charge in [-0.1, -0.05) is 60.7 Å². The zero-order valence-corrected chi connectivity index (χ0v) is 19.1. The van der Waals surface area contributed by atoms with Gasteiger partial charge in [0.25, 0.3) is 0 Å². The second kappa shape index (κ2) is 11.3. The van der Waals surface area contributed by atoms with Crippen LogP contribution in [0.2, 0.25) is 0 Å². The summed E-state index contributed by atoms with van der Waals surface area (Å²) in [6.45, 7) is 1.02. The maximum atomic E-state index is 13.3. The number of halogens is 3. The van der Waals surface area contributed by atoms with E-state index in [-0.39, 0.29) is 12.6 Å². The van der Waals surface area contributed by atoms with Crippen molar-refractivity contribution in [3.05, 3.63) is 101 Å². The van der Waals surface area contributed by atoms with Crippen molar-refractivity contribution in [2.75, 3.05) is 11.9 Å². The number of carbonyl (C=O) groups is 1. The topological polar surface area (TPSA) is 59.6 Å². The van der Waals surface area contributed by atoms with Crippen LogP contribution in [0, 0.1) is 0 Å². The summed E-state index contributed by atoms with van der Waals surface area (Å²) in [5, 5.41) is 6.06. The zero-order valence-electron chi connectivity index (χ0n) is 19.1. The summed E-state index contributed by atoms with van der Waals surface area (Å²) in [7, 11) is 0. The minimum absolute atomic E-state index is 0.0733. The number of hydrogen-bond donors (Lipinski definition) is 2. The predicted molar refractivity (Wildman–Crippen MR) is 127 cm³/mol. The van der Waals surface area contributed by atoms with Crippen molar-refractivity contribution < 1.29 is 27.4 Å². The van der Waals surface area contributed by atoms with Crippen molar-refractivity contribution in [3.63, 3.8) is 0 Å². The van der Waals surface area contributed by atoms with E-state index < -0.39 is 23.9 Å². The Labute approximate surface area is 202 Å². The molecule has 0 radical (unpaired) electrons. The van der Waals surface area contributed by atoms with Gasteiger partial charge in [-0.25, -0.2) is 4.79 Å². The molecular formula is C27H27F3N2O3. The maximum absolute atomic E-state index is 13.3. The fraction of sp³-hybridized carbons (Fsp3) is 0.296. The monoisotopic (exact) mass is 484 g/mol. The van der Waals surface area contributed by atoms with Crippen LogP contribution < -0.4 is 10.6 Å². The Balaban J connectivity index is 1.41. The number of amides is 1. The first kappa shape index (κ1) is 24.6. The van der Waals surface area contributed by atoms with E-state index in [9.17, 15) is 18.0 Å². The lowest BCUT2D eigenvalue weighted by atomic mass is 9.90. The Hall–Kier alpha value is -3.52. The van der Waals surface area contributed by atoms with E-state index in [1.165, 1.54) is 6.07 Å². The van der Waals surface area contributed by atoms with Crippen LogP contribution in [0.15, 0.2) is 78.9 Å². The largest absolute Gasteiger partial charge is 0.445 e. The van der Waals surface area contributed by atoms with Gasteiger partial charge in [0.1, 0.15) is 6.61 Å². The van der Waals surface area contributed by atoms with E-state index in [1.54, 1.807) is 0 Å². The first-order valence-electron chi connectivity index (χ1n) is 11.4. The van der Waals surface area contributed by atoms with Gasteiger partial charge in [0.05, 0.1) is 18.2 Å². The van der Waals surface area contributed by atoms with E-state index in [4.69, 9.17) is 9.47 Å². The molecule has 4 rings (SSSR count). The number of nitrogens with one attached hydrogen (secondary N) is 2. The summed E-state index contributed by atoms with van der Waals surface area (Å²) in [4.78, 5) is 12.5. The summed E-state index contributed by atoms with van der Waals surface area (Å²) in [5.74, 6) is 0. The molecular weight excluding hydrogens is 457 g/mol. The van der Waals surface area contributed by atoms with Crippen molar-refractivity contribution in [1.29, 1.82) is 0 Å². The maximum Gasteiger partial charge on any atom is 0.416 e. The average Bonchev–Trinajstić information content (AvgIpc) is 2.86. The molecule has 2 N–H and O–H groups in total. The van der Waals surface area contributed by atoms with Crippen LogP contribution in [-0.2, 0) is 28.9 Å². The van der Waals surface area contributed by atoms with E-state index in [1.807, 2.05) is 60.7 Å². The highest BCUT2D eigenvalue weighted by Gasteiger charge is 2.34. The first-order chi connectivity index (χ1) is 16.9. The Morgan fingerprint density at radius 1 is 0.943 bits per heavy atom. The molecule has 5 nitrogen and oxygen atoms in total. The Kier molecular flexibility index (Phi) is 7.92. The van der Waals surface area contributed by atoms with Gasteiger partial charge < -0.3 is 20.1 Å². The molecule has 0 fully saturated rings. The molecule has 0 unspecified atom stereocenters. The lowest BCUT2D eigenvalue weighted by molar-refractivity contribution is -0.137. The van der Waals surface area contributed by atoms with Gasteiger partial charge in [-0.15, -0.1) is 0 Å². The lowest BCUT2D eigenvalue weighted by Crippen LogP contribution is -2.38. The van der Waals surface area contributed by atoms with Crippen LogP contribution in [0.25, 0.3) is 0 Å². The number of fused-ring (bicyclic) bond motifs is 1. The molecule has 0 aliphatic carbocycles. The molecule has 3 aromatic rings. The fourth-order valence-electron chi connectivity index (χ4n) is 4.07. The highest BCUT2D eigenvalue weighted by atomic mass is 19.4. The van der Waals surface area contributed by atoms with Gasteiger partial charge in [0, 0.05) is 18.3 Å². The summed E-state index contributed by atoms with van der Waals surface area (Å²) in [6.07, 6.45) is -4.12. The molecule has 0 aromatic heterocycles.